The zero-order valence-electron chi connectivity index (χ0n) is 18.1. The molecule has 0 saturated heterocycles. The average molecular weight is 461 g/mol. The molecule has 0 radical (unpaired) electrons. The lowest BCUT2D eigenvalue weighted by Crippen LogP contribution is -2.37. The molecule has 0 aliphatic rings. The number of benzene rings is 2. The third-order valence-electron chi connectivity index (χ3n) is 5.10. The molecule has 1 amide bonds. The molecule has 4 aromatic rings. The quantitative estimate of drug-likeness (QED) is 0.294. The van der Waals surface area contributed by atoms with Gasteiger partial charge in [0.2, 0.25) is 5.91 Å². The Morgan fingerprint density at radius 2 is 1.91 bits per heavy atom. The Hall–Kier alpha value is -3.77. The highest BCUT2D eigenvalue weighted by molar-refractivity contribution is 8.00. The van der Waals surface area contributed by atoms with Gasteiger partial charge in [0.15, 0.2) is 5.65 Å². The molecule has 7 nitrogen and oxygen atoms in total. The van der Waals surface area contributed by atoms with Crippen LogP contribution in [0.5, 0.6) is 0 Å². The van der Waals surface area contributed by atoms with Crippen LogP contribution in [-0.2, 0) is 4.79 Å². The fourth-order valence-electron chi connectivity index (χ4n) is 3.38. The maximum atomic E-state index is 13.3. The van der Waals surface area contributed by atoms with Crippen molar-refractivity contribution in [2.75, 3.05) is 11.4 Å². The van der Waals surface area contributed by atoms with Gasteiger partial charge in [-0.15, -0.1) is 0 Å². The van der Waals surface area contributed by atoms with Crippen molar-refractivity contribution in [3.05, 3.63) is 72.4 Å². The molecule has 0 N–H and O–H groups in total. The largest absolute Gasteiger partial charge is 0.310 e. The Morgan fingerprint density at radius 1 is 1.18 bits per heavy atom. The summed E-state index contributed by atoms with van der Waals surface area (Å²) >= 11 is 1.31. The lowest BCUT2D eigenvalue weighted by molar-refractivity contribution is -0.117. The maximum Gasteiger partial charge on any atom is 0.240 e. The van der Waals surface area contributed by atoms with E-state index in [9.17, 15) is 9.18 Å². The van der Waals surface area contributed by atoms with Gasteiger partial charge >= 0.3 is 0 Å². The van der Waals surface area contributed by atoms with E-state index < -0.39 is 5.25 Å². The number of hydrogen-bond acceptors (Lipinski definition) is 6. The number of aromatic nitrogens is 4. The summed E-state index contributed by atoms with van der Waals surface area (Å²) in [6, 6.07) is 15.7. The number of fused-ring (bicyclic) bond motifs is 1. The number of amides is 1. The van der Waals surface area contributed by atoms with E-state index in [0.29, 0.717) is 28.3 Å². The highest BCUT2D eigenvalue weighted by Gasteiger charge is 2.24. The minimum atomic E-state index is -0.461. The molecular weight excluding hydrogens is 439 g/mol. The maximum absolute atomic E-state index is 13.3. The van der Waals surface area contributed by atoms with E-state index in [1.807, 2.05) is 38.1 Å². The molecule has 9 heteroatoms. The van der Waals surface area contributed by atoms with Crippen LogP contribution in [0.15, 0.2) is 66.1 Å². The molecule has 4 rings (SSSR count). The molecule has 33 heavy (non-hydrogen) atoms. The summed E-state index contributed by atoms with van der Waals surface area (Å²) in [5.74, 6) is -0.445. The van der Waals surface area contributed by atoms with Crippen LogP contribution in [0.3, 0.4) is 0 Å². The first kappa shape index (κ1) is 22.4. The summed E-state index contributed by atoms with van der Waals surface area (Å²) < 4.78 is 14.9. The van der Waals surface area contributed by atoms with Crippen molar-refractivity contribution in [3.8, 4) is 11.8 Å². The fourth-order valence-corrected chi connectivity index (χ4v) is 4.32. The van der Waals surface area contributed by atoms with E-state index in [2.05, 4.69) is 21.1 Å². The Labute approximate surface area is 194 Å². The fraction of sp³-hybridized carbons (Fsp3) is 0.208. The summed E-state index contributed by atoms with van der Waals surface area (Å²) in [6.45, 7) is 4.11. The molecule has 0 aliphatic heterocycles. The van der Waals surface area contributed by atoms with Crippen molar-refractivity contribution in [1.82, 2.24) is 19.7 Å². The monoisotopic (exact) mass is 460 g/mol. The number of halogens is 1. The Kier molecular flexibility index (Phi) is 6.66. The molecule has 1 atom stereocenters. The van der Waals surface area contributed by atoms with E-state index >= 15 is 0 Å². The van der Waals surface area contributed by atoms with Crippen LogP contribution in [0.1, 0.15) is 18.9 Å². The van der Waals surface area contributed by atoms with Crippen LogP contribution in [0, 0.1) is 24.1 Å². The molecule has 2 heterocycles. The minimum absolute atomic E-state index is 0.114. The predicted molar refractivity (Wildman–Crippen MR) is 126 cm³/mol. The number of anilines is 1. The van der Waals surface area contributed by atoms with Crippen LogP contribution < -0.4 is 4.90 Å². The first-order valence-corrected chi connectivity index (χ1v) is 11.2. The summed E-state index contributed by atoms with van der Waals surface area (Å²) in [7, 11) is 0. The first-order chi connectivity index (χ1) is 16.0. The minimum Gasteiger partial charge on any atom is -0.310 e. The second kappa shape index (κ2) is 9.79. The number of nitriles is 1. The van der Waals surface area contributed by atoms with Gasteiger partial charge in [-0.2, -0.15) is 10.4 Å². The number of carbonyl (C=O) groups excluding carboxylic acids is 1. The Morgan fingerprint density at radius 3 is 2.61 bits per heavy atom. The normalized spacial score (nSPS) is 11.8. The van der Waals surface area contributed by atoms with Crippen LogP contribution in [0.2, 0.25) is 0 Å². The van der Waals surface area contributed by atoms with Crippen LogP contribution in [0.25, 0.3) is 16.7 Å². The second-order valence-corrected chi connectivity index (χ2v) is 8.77. The van der Waals surface area contributed by atoms with Crippen molar-refractivity contribution in [3.63, 3.8) is 0 Å². The predicted octanol–water partition coefficient (Wildman–Crippen LogP) is 4.69. The van der Waals surface area contributed by atoms with Crippen LogP contribution in [-0.4, -0.2) is 37.5 Å². The van der Waals surface area contributed by atoms with E-state index in [4.69, 9.17) is 5.26 Å². The number of aryl methyl sites for hydroxylation is 1. The smallest absolute Gasteiger partial charge is 0.240 e. The van der Waals surface area contributed by atoms with E-state index in [1.54, 1.807) is 27.9 Å². The summed E-state index contributed by atoms with van der Waals surface area (Å²) in [5.41, 5.74) is 3.09. The molecule has 166 valence electrons. The standard InChI is InChI=1S/C24H21FN6OS/c1-16-4-8-19(9-5-16)30(13-3-12-26)24(32)17(2)33-23-21-14-29-31(22(21)27-15-28-23)20-10-6-18(25)7-11-20/h4-11,14-15,17H,3,13H2,1-2H3. The Bertz CT molecular complexity index is 1310. The first-order valence-electron chi connectivity index (χ1n) is 10.3. The summed E-state index contributed by atoms with van der Waals surface area (Å²) in [5, 5.41) is 14.3. The average Bonchev–Trinajstić information content (AvgIpc) is 3.26. The van der Waals surface area contributed by atoms with Gasteiger partial charge in [-0.25, -0.2) is 19.0 Å². The van der Waals surface area contributed by atoms with Gasteiger partial charge in [-0.3, -0.25) is 4.79 Å². The van der Waals surface area contributed by atoms with Gasteiger partial charge in [0.1, 0.15) is 17.2 Å². The van der Waals surface area contributed by atoms with E-state index in [1.165, 1.54) is 30.2 Å². The van der Waals surface area contributed by atoms with Gasteiger partial charge in [0, 0.05) is 12.2 Å². The van der Waals surface area contributed by atoms with Gasteiger partial charge < -0.3 is 4.90 Å². The van der Waals surface area contributed by atoms with Gasteiger partial charge in [-0.1, -0.05) is 29.5 Å². The summed E-state index contributed by atoms with van der Waals surface area (Å²) in [6.07, 6.45) is 3.31. The van der Waals surface area contributed by atoms with Gasteiger partial charge in [-0.05, 0) is 50.2 Å². The van der Waals surface area contributed by atoms with Gasteiger partial charge in [0.25, 0.3) is 0 Å². The van der Waals surface area contributed by atoms with Gasteiger partial charge in [0.05, 0.1) is 35.0 Å². The summed E-state index contributed by atoms with van der Waals surface area (Å²) in [4.78, 5) is 23.7. The van der Waals surface area contributed by atoms with Crippen molar-refractivity contribution in [2.45, 2.75) is 30.5 Å². The highest BCUT2D eigenvalue weighted by atomic mass is 32.2. The molecule has 1 unspecified atom stereocenters. The molecule has 0 saturated carbocycles. The SMILES string of the molecule is Cc1ccc(N(CCC#N)C(=O)C(C)Sc2ncnc3c2cnn3-c2ccc(F)cc2)cc1. The molecule has 0 fully saturated rings. The second-order valence-electron chi connectivity index (χ2n) is 7.44. The Balaban J connectivity index is 1.60. The van der Waals surface area contributed by atoms with E-state index in [-0.39, 0.29) is 18.1 Å². The third-order valence-corrected chi connectivity index (χ3v) is 6.20. The zero-order valence-corrected chi connectivity index (χ0v) is 19.0. The van der Waals surface area contributed by atoms with E-state index in [0.717, 1.165) is 11.3 Å². The number of carbonyl (C=O) groups is 1. The topological polar surface area (TPSA) is 87.7 Å². The molecule has 0 spiro atoms. The molecule has 2 aromatic heterocycles. The lowest BCUT2D eigenvalue weighted by atomic mass is 10.2. The lowest BCUT2D eigenvalue weighted by Gasteiger charge is -2.25. The van der Waals surface area contributed by atoms with Crippen molar-refractivity contribution in [2.24, 2.45) is 0 Å². The van der Waals surface area contributed by atoms with Crippen molar-refractivity contribution in [1.29, 1.82) is 5.26 Å². The number of nitrogens with zero attached hydrogens (tertiary/aromatic N) is 6. The number of rotatable bonds is 7. The molecular formula is C24H21FN6OS. The number of hydrogen-bond donors (Lipinski definition) is 0. The number of thioether (sulfide) groups is 1. The third kappa shape index (κ3) is 4.86. The van der Waals surface area contributed by atoms with Crippen molar-refractivity contribution >= 4 is 34.4 Å². The van der Waals surface area contributed by atoms with Crippen LogP contribution >= 0.6 is 11.8 Å². The highest BCUT2D eigenvalue weighted by Crippen LogP contribution is 2.30. The molecule has 2 aromatic carbocycles. The molecule has 0 bridgehead atoms. The molecule has 0 aliphatic carbocycles. The zero-order chi connectivity index (χ0) is 23.4. The van der Waals surface area contributed by atoms with Crippen LogP contribution in [0.4, 0.5) is 10.1 Å². The van der Waals surface area contributed by atoms with Crippen molar-refractivity contribution < 1.29 is 9.18 Å².